The van der Waals surface area contributed by atoms with Crippen molar-refractivity contribution in [3.05, 3.63) is 11.1 Å². The van der Waals surface area contributed by atoms with Crippen molar-refractivity contribution >= 4 is 26.3 Å². The minimum Gasteiger partial charge on any atom is -0.359 e. The van der Waals surface area contributed by atoms with Crippen LogP contribution in [0.25, 0.3) is 0 Å². The molecular weight excluding hydrogens is 280 g/mol. The highest BCUT2D eigenvalue weighted by Crippen LogP contribution is 2.32. The molecule has 6 heteroatoms. The molecule has 1 aromatic rings. The first kappa shape index (κ1) is 13.4. The quantitative estimate of drug-likeness (QED) is 0.932. The normalized spacial score (nSPS) is 27.5. The molecule has 3 rings (SSSR count). The average molecular weight is 300 g/mol. The van der Waals surface area contributed by atoms with Crippen molar-refractivity contribution < 1.29 is 8.42 Å². The van der Waals surface area contributed by atoms with Crippen molar-refractivity contribution in [2.45, 2.75) is 50.5 Å². The molecule has 1 atom stereocenters. The van der Waals surface area contributed by atoms with E-state index in [0.29, 0.717) is 11.8 Å². The fraction of sp³-hybridized carbons (Fsp3) is 0.769. The van der Waals surface area contributed by atoms with Gasteiger partial charge in [0.05, 0.1) is 17.2 Å². The van der Waals surface area contributed by atoms with Gasteiger partial charge in [0.1, 0.15) is 0 Å². The lowest BCUT2D eigenvalue weighted by Gasteiger charge is -2.22. The summed E-state index contributed by atoms with van der Waals surface area (Å²) in [5.74, 6) is 0.711. The average Bonchev–Trinajstić information content (AvgIpc) is 2.97. The largest absolute Gasteiger partial charge is 0.359 e. The van der Waals surface area contributed by atoms with Gasteiger partial charge in [-0.05, 0) is 19.3 Å². The molecule has 2 heterocycles. The first-order chi connectivity index (χ1) is 9.12. The minimum atomic E-state index is -2.82. The second kappa shape index (κ2) is 5.40. The lowest BCUT2D eigenvalue weighted by atomic mass is 9.96. The van der Waals surface area contributed by atoms with Gasteiger partial charge in [0, 0.05) is 17.3 Å². The molecule has 1 aromatic heterocycles. The molecular formula is C13H20N2O2S2. The van der Waals surface area contributed by atoms with Gasteiger partial charge in [-0.25, -0.2) is 13.4 Å². The molecule has 1 N–H and O–H groups in total. The van der Waals surface area contributed by atoms with Crippen LogP contribution in [0.5, 0.6) is 0 Å². The van der Waals surface area contributed by atoms with E-state index < -0.39 is 9.84 Å². The van der Waals surface area contributed by atoms with Crippen molar-refractivity contribution in [3.8, 4) is 0 Å². The van der Waals surface area contributed by atoms with E-state index in [9.17, 15) is 8.42 Å². The Morgan fingerprint density at radius 1 is 1.21 bits per heavy atom. The van der Waals surface area contributed by atoms with Gasteiger partial charge < -0.3 is 5.32 Å². The van der Waals surface area contributed by atoms with Gasteiger partial charge in [-0.2, -0.15) is 0 Å². The highest BCUT2D eigenvalue weighted by Gasteiger charge is 2.30. The summed E-state index contributed by atoms with van der Waals surface area (Å²) in [7, 11) is -2.82. The first-order valence-corrected chi connectivity index (χ1v) is 9.75. The molecule has 1 saturated carbocycles. The van der Waals surface area contributed by atoms with E-state index in [1.165, 1.54) is 32.1 Å². The number of thiazole rings is 1. The number of nitrogens with zero attached hydrogens (tertiary/aromatic N) is 1. The zero-order valence-electron chi connectivity index (χ0n) is 11.0. The third kappa shape index (κ3) is 3.28. The van der Waals surface area contributed by atoms with Crippen LogP contribution in [0.15, 0.2) is 5.38 Å². The van der Waals surface area contributed by atoms with Crippen molar-refractivity contribution in [1.29, 1.82) is 0 Å². The zero-order valence-corrected chi connectivity index (χ0v) is 12.6. The summed E-state index contributed by atoms with van der Waals surface area (Å²) in [6.07, 6.45) is 7.14. The number of sulfone groups is 1. The van der Waals surface area contributed by atoms with Crippen molar-refractivity contribution in [2.75, 3.05) is 16.8 Å². The Labute approximate surface area is 118 Å². The zero-order chi connectivity index (χ0) is 13.3. The van der Waals surface area contributed by atoms with Crippen LogP contribution >= 0.6 is 11.3 Å². The van der Waals surface area contributed by atoms with Crippen molar-refractivity contribution in [3.63, 3.8) is 0 Å². The van der Waals surface area contributed by atoms with E-state index in [4.69, 9.17) is 0 Å². The lowest BCUT2D eigenvalue weighted by molar-refractivity contribution is 0.462. The summed E-state index contributed by atoms with van der Waals surface area (Å²) in [4.78, 5) is 4.59. The number of nitrogens with one attached hydrogen (secondary N) is 1. The summed E-state index contributed by atoms with van der Waals surface area (Å²) >= 11 is 1.61. The van der Waals surface area contributed by atoms with E-state index in [-0.39, 0.29) is 11.7 Å². The molecule has 1 aliphatic carbocycles. The van der Waals surface area contributed by atoms with Gasteiger partial charge >= 0.3 is 0 Å². The predicted molar refractivity (Wildman–Crippen MR) is 78.6 cm³/mol. The summed E-state index contributed by atoms with van der Waals surface area (Å²) < 4.78 is 23.0. The van der Waals surface area contributed by atoms with Gasteiger partial charge in [-0.3, -0.25) is 0 Å². The Hall–Kier alpha value is -0.620. The maximum atomic E-state index is 11.5. The highest BCUT2D eigenvalue weighted by atomic mass is 32.2. The Morgan fingerprint density at radius 2 is 2.00 bits per heavy atom. The van der Waals surface area contributed by atoms with Gasteiger partial charge in [0.25, 0.3) is 0 Å². The second-order valence-corrected chi connectivity index (χ2v) is 8.74. The van der Waals surface area contributed by atoms with Crippen LogP contribution in [0, 0.1) is 0 Å². The smallest absolute Gasteiger partial charge is 0.183 e. The van der Waals surface area contributed by atoms with Crippen LogP contribution in [-0.4, -0.2) is 30.9 Å². The van der Waals surface area contributed by atoms with Crippen LogP contribution in [0.2, 0.25) is 0 Å². The number of hydrogen-bond donors (Lipinski definition) is 1. The SMILES string of the molecule is O=S1(=O)CC[C@@H](c2csc(NC3CCCCC3)n2)C1. The molecule has 0 aromatic carbocycles. The molecule has 2 fully saturated rings. The summed E-state index contributed by atoms with van der Waals surface area (Å²) in [6.45, 7) is 0. The molecule has 1 saturated heterocycles. The van der Waals surface area contributed by atoms with Crippen LogP contribution < -0.4 is 5.32 Å². The standard InChI is InChI=1S/C13H20N2O2S2/c16-19(17)7-6-10(9-19)12-8-18-13(15-12)14-11-4-2-1-3-5-11/h8,10-11H,1-7,9H2,(H,14,15)/t10-/m1/s1. The summed E-state index contributed by atoms with van der Waals surface area (Å²) in [5, 5.41) is 6.49. The van der Waals surface area contributed by atoms with Crippen LogP contribution in [0.3, 0.4) is 0 Å². The lowest BCUT2D eigenvalue weighted by Crippen LogP contribution is -2.22. The second-order valence-electron chi connectivity index (χ2n) is 5.66. The summed E-state index contributed by atoms with van der Waals surface area (Å²) in [6, 6.07) is 0.556. The minimum absolute atomic E-state index is 0.114. The maximum Gasteiger partial charge on any atom is 0.183 e. The van der Waals surface area contributed by atoms with Crippen molar-refractivity contribution in [1.82, 2.24) is 4.98 Å². The van der Waals surface area contributed by atoms with Crippen LogP contribution in [-0.2, 0) is 9.84 Å². The van der Waals surface area contributed by atoms with E-state index >= 15 is 0 Å². The van der Waals surface area contributed by atoms with E-state index in [1.807, 2.05) is 5.38 Å². The molecule has 19 heavy (non-hydrogen) atoms. The molecule has 2 aliphatic rings. The molecule has 4 nitrogen and oxygen atoms in total. The third-order valence-corrected chi connectivity index (χ3v) is 6.67. The van der Waals surface area contributed by atoms with Crippen LogP contribution in [0.4, 0.5) is 5.13 Å². The Bertz CT molecular complexity index is 533. The van der Waals surface area contributed by atoms with Gasteiger partial charge in [0.2, 0.25) is 0 Å². The molecule has 0 radical (unpaired) electrons. The monoisotopic (exact) mass is 300 g/mol. The third-order valence-electron chi connectivity index (χ3n) is 4.11. The van der Waals surface area contributed by atoms with Gasteiger partial charge in [-0.15, -0.1) is 11.3 Å². The predicted octanol–water partition coefficient (Wildman–Crippen LogP) is 2.79. The number of hydrogen-bond acceptors (Lipinski definition) is 5. The van der Waals surface area contributed by atoms with E-state index in [1.54, 1.807) is 11.3 Å². The molecule has 0 amide bonds. The molecule has 0 unspecified atom stereocenters. The van der Waals surface area contributed by atoms with Gasteiger partial charge in [0.15, 0.2) is 15.0 Å². The molecule has 1 aliphatic heterocycles. The molecule has 0 spiro atoms. The van der Waals surface area contributed by atoms with Crippen LogP contribution in [0.1, 0.15) is 50.1 Å². The molecule has 0 bridgehead atoms. The summed E-state index contributed by atoms with van der Waals surface area (Å²) in [5.41, 5.74) is 0.962. The number of anilines is 1. The van der Waals surface area contributed by atoms with E-state index in [2.05, 4.69) is 10.3 Å². The number of rotatable bonds is 3. The Morgan fingerprint density at radius 3 is 2.68 bits per heavy atom. The number of aromatic nitrogens is 1. The van der Waals surface area contributed by atoms with Gasteiger partial charge in [-0.1, -0.05) is 19.3 Å². The highest BCUT2D eigenvalue weighted by molar-refractivity contribution is 7.91. The Kier molecular flexibility index (Phi) is 3.80. The maximum absolute atomic E-state index is 11.5. The fourth-order valence-electron chi connectivity index (χ4n) is 2.99. The van der Waals surface area contributed by atoms with Crippen molar-refractivity contribution in [2.24, 2.45) is 0 Å². The fourth-order valence-corrected chi connectivity index (χ4v) is 5.62. The Balaban J connectivity index is 1.63. The topological polar surface area (TPSA) is 59.1 Å². The van der Waals surface area contributed by atoms with E-state index in [0.717, 1.165) is 17.2 Å². The molecule has 106 valence electrons. The first-order valence-electron chi connectivity index (χ1n) is 7.05.